The van der Waals surface area contributed by atoms with Crippen LogP contribution in [0, 0.1) is 34.6 Å². The Morgan fingerprint density at radius 3 is 1.20 bits per heavy atom. The first kappa shape index (κ1) is 32.7. The monoisotopic (exact) mass is 374 g/mol. The Morgan fingerprint density at radius 1 is 0.850 bits per heavy atom. The zero-order valence-corrected chi connectivity index (χ0v) is 17.3. The van der Waals surface area contributed by atoms with Crippen LogP contribution in [0.4, 0.5) is 0 Å². The minimum atomic E-state index is 0. The molecule has 1 radical (unpaired) electrons. The quantitative estimate of drug-likeness (QED) is 0.377. The molecule has 0 aliphatic carbocycles. The average Bonchev–Trinajstić information content (AvgIpc) is 2.49. The molecule has 0 amide bonds. The minimum absolute atomic E-state index is 0. The van der Waals surface area contributed by atoms with Crippen LogP contribution in [0.5, 0.6) is 0 Å². The van der Waals surface area contributed by atoms with Crippen molar-refractivity contribution < 1.29 is 58.9 Å². The van der Waals surface area contributed by atoms with Gasteiger partial charge in [-0.25, -0.2) is 0 Å². The topological polar surface area (TPSA) is 3.24 Å². The van der Waals surface area contributed by atoms with Crippen LogP contribution in [0.2, 0.25) is 0 Å². The summed E-state index contributed by atoms with van der Waals surface area (Å²) in [5.41, 5.74) is 5.75. The summed E-state index contributed by atoms with van der Waals surface area (Å²) in [5.74, 6) is 0. The Bertz CT molecular complexity index is 282. The molecule has 0 aliphatic heterocycles. The summed E-state index contributed by atoms with van der Waals surface area (Å²) < 4.78 is 0. The van der Waals surface area contributed by atoms with Crippen molar-refractivity contribution >= 4 is 0 Å². The third-order valence-electron chi connectivity index (χ3n) is 3.39. The normalized spacial score (nSPS) is 8.20. The van der Waals surface area contributed by atoms with Crippen molar-refractivity contribution in [1.29, 1.82) is 0 Å². The van der Waals surface area contributed by atoms with Gasteiger partial charge in [-0.05, 0) is 13.1 Å². The Morgan fingerprint density at radius 2 is 1.15 bits per heavy atom. The van der Waals surface area contributed by atoms with E-state index >= 15 is 0 Å². The number of aryl methyl sites for hydroxylation is 2. The third kappa shape index (κ3) is 11.5. The van der Waals surface area contributed by atoms with Crippen LogP contribution >= 0.6 is 0 Å². The van der Waals surface area contributed by atoms with Gasteiger partial charge >= 0.3 is 21.7 Å². The van der Waals surface area contributed by atoms with Gasteiger partial charge in [0.05, 0.1) is 0 Å². The minimum Gasteiger partial charge on any atom is -1.00 e. The molecule has 0 heterocycles. The summed E-state index contributed by atoms with van der Waals surface area (Å²) >= 11 is 0. The predicted molar refractivity (Wildman–Crippen MR) is 74.1 cm³/mol. The number of halogens is 3. The van der Waals surface area contributed by atoms with Crippen molar-refractivity contribution in [2.24, 2.45) is 0 Å². The fourth-order valence-electron chi connectivity index (χ4n) is 1.67. The van der Waals surface area contributed by atoms with Crippen LogP contribution in [0.15, 0.2) is 6.07 Å². The molecule has 0 aliphatic rings. The summed E-state index contributed by atoms with van der Waals surface area (Å²) in [6, 6.07) is 2.24. The standard InChI is InChI=1S/C9H13.C6H14N.3ClH.Ti/c1-6-5-7(2)9(4)8(6)3;1-4-7(5-2)6-3;;;;/h5H,1-4H3;1,4-6H2,2-3H3;3*1H;/q2*-1;;;;+3/p-3. The van der Waals surface area contributed by atoms with Crippen LogP contribution in [-0.2, 0) is 21.7 Å². The molecule has 0 fully saturated rings. The molecule has 0 unspecified atom stereocenters. The molecule has 0 N–H and O–H groups in total. The summed E-state index contributed by atoms with van der Waals surface area (Å²) in [6.07, 6.45) is 0. The molecular weight excluding hydrogens is 348 g/mol. The first-order valence-electron chi connectivity index (χ1n) is 6.19. The fraction of sp³-hybridized carbons (Fsp3) is 0.600. The second-order valence-electron chi connectivity index (χ2n) is 4.29. The van der Waals surface area contributed by atoms with E-state index in [4.69, 9.17) is 0 Å². The van der Waals surface area contributed by atoms with Crippen molar-refractivity contribution in [3.05, 3.63) is 35.2 Å². The second kappa shape index (κ2) is 17.9. The van der Waals surface area contributed by atoms with E-state index in [1.165, 1.54) is 22.3 Å². The molecule has 1 rings (SSSR count). The SMILES string of the molecule is Cc1[cH-]c(C)c(C)c1C.[CH2-]CN(CC)CC.[Cl-].[Cl-].[Cl-].[Ti+3]. The van der Waals surface area contributed by atoms with Gasteiger partial charge in [-0.1, -0.05) is 41.5 Å². The molecule has 0 aromatic heterocycles. The maximum Gasteiger partial charge on any atom is 3.00 e. The van der Waals surface area contributed by atoms with Crippen LogP contribution < -0.4 is 37.2 Å². The zero-order chi connectivity index (χ0) is 12.7. The van der Waals surface area contributed by atoms with Gasteiger partial charge < -0.3 is 49.0 Å². The first-order valence-corrected chi connectivity index (χ1v) is 6.19. The van der Waals surface area contributed by atoms with Crippen LogP contribution in [0.1, 0.15) is 36.1 Å². The van der Waals surface area contributed by atoms with Gasteiger partial charge in [0.15, 0.2) is 0 Å². The largest absolute Gasteiger partial charge is 3.00 e. The average molecular weight is 376 g/mol. The van der Waals surface area contributed by atoms with Crippen molar-refractivity contribution in [2.45, 2.75) is 41.5 Å². The number of hydrogen-bond donors (Lipinski definition) is 0. The van der Waals surface area contributed by atoms with Crippen molar-refractivity contribution in [2.75, 3.05) is 19.6 Å². The smallest absolute Gasteiger partial charge is 1.00 e. The van der Waals surface area contributed by atoms with E-state index in [1.807, 2.05) is 0 Å². The van der Waals surface area contributed by atoms with Crippen molar-refractivity contribution in [3.63, 3.8) is 0 Å². The third-order valence-corrected chi connectivity index (χ3v) is 3.39. The van der Waals surface area contributed by atoms with E-state index in [1.54, 1.807) is 0 Å². The first-order chi connectivity index (χ1) is 7.47. The van der Waals surface area contributed by atoms with Gasteiger partial charge in [0.1, 0.15) is 0 Å². The Balaban J connectivity index is -0.0000000640. The number of nitrogens with zero attached hydrogens (tertiary/aromatic N) is 1. The maximum atomic E-state index is 3.75. The molecule has 1 aromatic rings. The Kier molecular flexibility index (Phi) is 29.4. The van der Waals surface area contributed by atoms with Gasteiger partial charge in [-0.2, -0.15) is 28.3 Å². The maximum absolute atomic E-state index is 3.75. The number of rotatable bonds is 3. The summed E-state index contributed by atoms with van der Waals surface area (Å²) in [4.78, 5) is 2.26. The van der Waals surface area contributed by atoms with E-state index in [0.717, 1.165) is 19.6 Å². The molecule has 1 aromatic carbocycles. The van der Waals surface area contributed by atoms with E-state index < -0.39 is 0 Å². The summed E-state index contributed by atoms with van der Waals surface area (Å²) in [6.45, 7) is 19.9. The van der Waals surface area contributed by atoms with Crippen LogP contribution in [0.3, 0.4) is 0 Å². The van der Waals surface area contributed by atoms with E-state index in [-0.39, 0.29) is 58.9 Å². The van der Waals surface area contributed by atoms with E-state index in [0.29, 0.717) is 0 Å². The molecule has 5 heteroatoms. The second-order valence-corrected chi connectivity index (χ2v) is 4.29. The molecular formula is C15H27Cl3NTi-2. The van der Waals surface area contributed by atoms with Crippen molar-refractivity contribution in [3.8, 4) is 0 Å². The number of hydrogen-bond acceptors (Lipinski definition) is 1. The predicted octanol–water partition coefficient (Wildman–Crippen LogP) is -5.19. The van der Waals surface area contributed by atoms with E-state index in [9.17, 15) is 0 Å². The molecule has 0 atom stereocenters. The van der Waals surface area contributed by atoms with Gasteiger partial charge in [-0.3, -0.25) is 0 Å². The molecule has 119 valence electrons. The molecule has 0 bridgehead atoms. The van der Waals surface area contributed by atoms with Crippen molar-refractivity contribution in [1.82, 2.24) is 4.90 Å². The Labute approximate surface area is 159 Å². The van der Waals surface area contributed by atoms with Gasteiger partial charge in [0, 0.05) is 0 Å². The molecule has 20 heavy (non-hydrogen) atoms. The summed E-state index contributed by atoms with van der Waals surface area (Å²) in [5, 5.41) is 0. The molecule has 1 nitrogen and oxygen atoms in total. The van der Waals surface area contributed by atoms with Crippen LogP contribution in [-0.4, -0.2) is 24.5 Å². The molecule has 0 spiro atoms. The van der Waals surface area contributed by atoms with E-state index in [2.05, 4.69) is 59.4 Å². The van der Waals surface area contributed by atoms with Gasteiger partial charge in [0.2, 0.25) is 0 Å². The molecule has 0 saturated heterocycles. The van der Waals surface area contributed by atoms with Gasteiger partial charge in [0.25, 0.3) is 0 Å². The van der Waals surface area contributed by atoms with Crippen LogP contribution in [0.25, 0.3) is 0 Å². The summed E-state index contributed by atoms with van der Waals surface area (Å²) in [7, 11) is 0. The zero-order valence-electron chi connectivity index (χ0n) is 13.5. The van der Waals surface area contributed by atoms with Gasteiger partial charge in [-0.15, -0.1) is 6.54 Å². The molecule has 0 saturated carbocycles. The fourth-order valence-corrected chi connectivity index (χ4v) is 1.67. The Hall–Kier alpha value is 0.894.